The highest BCUT2D eigenvalue weighted by atomic mass is 17.2. The topological polar surface area (TPSA) is 54.0 Å². The Morgan fingerprint density at radius 3 is 2.67 bits per heavy atom. The molecular weight excluding hydrogens is 164 g/mol. The lowest BCUT2D eigenvalue weighted by atomic mass is 10.2. The Balaban J connectivity index is 2.31. The summed E-state index contributed by atoms with van der Waals surface area (Å²) in [4.78, 5) is 19.5. The molecule has 1 aliphatic rings. The smallest absolute Gasteiger partial charge is 0.356 e. The molecule has 70 valence electrons. The average Bonchev–Trinajstić information content (AvgIpc) is 2.52. The SMILES string of the molecule is COOC(=O)C1CCC(OC)O1. The first-order valence-corrected chi connectivity index (χ1v) is 3.70. The molecule has 2 unspecified atom stereocenters. The third kappa shape index (κ3) is 2.17. The quantitative estimate of drug-likeness (QED) is 0.455. The van der Waals surface area contributed by atoms with Crippen molar-refractivity contribution in [1.82, 2.24) is 0 Å². The summed E-state index contributed by atoms with van der Waals surface area (Å²) in [6.45, 7) is 0. The van der Waals surface area contributed by atoms with Crippen LogP contribution < -0.4 is 0 Å². The summed E-state index contributed by atoms with van der Waals surface area (Å²) in [5.74, 6) is -0.503. The highest BCUT2D eigenvalue weighted by Crippen LogP contribution is 2.20. The maximum atomic E-state index is 11.0. The molecule has 1 rings (SSSR count). The van der Waals surface area contributed by atoms with E-state index in [0.29, 0.717) is 12.8 Å². The number of hydrogen-bond acceptors (Lipinski definition) is 5. The van der Waals surface area contributed by atoms with E-state index in [4.69, 9.17) is 9.47 Å². The monoisotopic (exact) mass is 176 g/mol. The van der Waals surface area contributed by atoms with E-state index < -0.39 is 12.1 Å². The van der Waals surface area contributed by atoms with E-state index in [1.54, 1.807) is 0 Å². The molecule has 0 aliphatic carbocycles. The fraction of sp³-hybridized carbons (Fsp3) is 0.857. The summed E-state index contributed by atoms with van der Waals surface area (Å²) < 4.78 is 10.0. The second kappa shape index (κ2) is 4.39. The molecule has 0 radical (unpaired) electrons. The fourth-order valence-corrected chi connectivity index (χ4v) is 1.09. The molecule has 0 bridgehead atoms. The van der Waals surface area contributed by atoms with Crippen LogP contribution in [0.3, 0.4) is 0 Å². The van der Waals surface area contributed by atoms with Crippen molar-refractivity contribution >= 4 is 5.97 Å². The van der Waals surface area contributed by atoms with Gasteiger partial charge in [0.05, 0.1) is 7.11 Å². The molecule has 0 N–H and O–H groups in total. The minimum atomic E-state index is -0.546. The molecule has 1 heterocycles. The van der Waals surface area contributed by atoms with E-state index in [0.717, 1.165) is 0 Å². The second-order valence-corrected chi connectivity index (χ2v) is 2.44. The Morgan fingerprint density at radius 2 is 2.17 bits per heavy atom. The van der Waals surface area contributed by atoms with Crippen molar-refractivity contribution in [3.8, 4) is 0 Å². The molecule has 12 heavy (non-hydrogen) atoms. The van der Waals surface area contributed by atoms with Crippen LogP contribution in [-0.4, -0.2) is 32.6 Å². The number of hydrogen-bond donors (Lipinski definition) is 0. The summed E-state index contributed by atoms with van der Waals surface area (Å²) in [6.07, 6.45) is 0.482. The van der Waals surface area contributed by atoms with Crippen molar-refractivity contribution in [3.05, 3.63) is 0 Å². The molecule has 1 fully saturated rings. The van der Waals surface area contributed by atoms with Gasteiger partial charge in [-0.3, -0.25) is 4.89 Å². The van der Waals surface area contributed by atoms with Crippen LogP contribution in [0.5, 0.6) is 0 Å². The summed E-state index contributed by atoms with van der Waals surface area (Å²) >= 11 is 0. The van der Waals surface area contributed by atoms with Gasteiger partial charge >= 0.3 is 5.97 Å². The zero-order valence-corrected chi connectivity index (χ0v) is 7.11. The summed E-state index contributed by atoms with van der Waals surface area (Å²) in [5.41, 5.74) is 0. The van der Waals surface area contributed by atoms with Crippen LogP contribution in [0, 0.1) is 0 Å². The summed E-state index contributed by atoms with van der Waals surface area (Å²) in [7, 11) is 2.81. The Labute approximate surface area is 70.5 Å². The first kappa shape index (κ1) is 9.44. The van der Waals surface area contributed by atoms with Crippen molar-refractivity contribution in [2.75, 3.05) is 14.2 Å². The van der Waals surface area contributed by atoms with E-state index in [9.17, 15) is 4.79 Å². The van der Waals surface area contributed by atoms with Gasteiger partial charge in [0.25, 0.3) is 0 Å². The van der Waals surface area contributed by atoms with Gasteiger partial charge in [-0.25, -0.2) is 4.79 Å². The lowest BCUT2D eigenvalue weighted by Gasteiger charge is -2.09. The number of rotatable bonds is 3. The van der Waals surface area contributed by atoms with Gasteiger partial charge in [-0.05, 0) is 6.42 Å². The van der Waals surface area contributed by atoms with E-state index >= 15 is 0 Å². The number of methoxy groups -OCH3 is 1. The minimum Gasteiger partial charge on any atom is -0.356 e. The van der Waals surface area contributed by atoms with Gasteiger partial charge in [-0.1, -0.05) is 0 Å². The van der Waals surface area contributed by atoms with E-state index in [-0.39, 0.29) is 6.29 Å². The van der Waals surface area contributed by atoms with Crippen LogP contribution in [0.15, 0.2) is 0 Å². The van der Waals surface area contributed by atoms with E-state index in [1.165, 1.54) is 14.2 Å². The van der Waals surface area contributed by atoms with Gasteiger partial charge in [-0.15, -0.1) is 0 Å². The zero-order valence-electron chi connectivity index (χ0n) is 7.11. The lowest BCUT2D eigenvalue weighted by Crippen LogP contribution is -2.23. The largest absolute Gasteiger partial charge is 0.370 e. The minimum absolute atomic E-state index is 0.292. The van der Waals surface area contributed by atoms with Crippen molar-refractivity contribution in [3.63, 3.8) is 0 Å². The molecule has 0 aromatic heterocycles. The van der Waals surface area contributed by atoms with Gasteiger partial charge in [0.2, 0.25) is 0 Å². The molecule has 5 nitrogen and oxygen atoms in total. The molecule has 0 amide bonds. The van der Waals surface area contributed by atoms with Gasteiger partial charge < -0.3 is 9.47 Å². The molecule has 5 heteroatoms. The van der Waals surface area contributed by atoms with Gasteiger partial charge in [0, 0.05) is 13.5 Å². The van der Waals surface area contributed by atoms with Crippen LogP contribution in [0.2, 0.25) is 0 Å². The molecular formula is C7H12O5. The number of carbonyl (C=O) groups excluding carboxylic acids is 1. The van der Waals surface area contributed by atoms with Crippen LogP contribution in [0.1, 0.15) is 12.8 Å². The highest BCUT2D eigenvalue weighted by Gasteiger charge is 2.32. The predicted octanol–water partition coefficient (Wildman–Crippen LogP) is 0.242. The zero-order chi connectivity index (χ0) is 8.97. The van der Waals surface area contributed by atoms with Crippen LogP contribution >= 0.6 is 0 Å². The van der Waals surface area contributed by atoms with Crippen molar-refractivity contribution in [2.45, 2.75) is 25.2 Å². The van der Waals surface area contributed by atoms with Crippen LogP contribution in [0.25, 0.3) is 0 Å². The highest BCUT2D eigenvalue weighted by molar-refractivity contribution is 5.74. The maximum absolute atomic E-state index is 11.0. The van der Waals surface area contributed by atoms with Crippen LogP contribution in [0.4, 0.5) is 0 Å². The Bertz CT molecular complexity index is 158. The van der Waals surface area contributed by atoms with E-state index in [2.05, 4.69) is 9.78 Å². The lowest BCUT2D eigenvalue weighted by molar-refractivity contribution is -0.266. The maximum Gasteiger partial charge on any atom is 0.370 e. The van der Waals surface area contributed by atoms with Crippen molar-refractivity contribution < 1.29 is 24.0 Å². The van der Waals surface area contributed by atoms with Crippen LogP contribution in [-0.2, 0) is 24.0 Å². The first-order chi connectivity index (χ1) is 5.77. The second-order valence-electron chi connectivity index (χ2n) is 2.44. The number of ether oxygens (including phenoxy) is 2. The Kier molecular flexibility index (Phi) is 3.46. The standard InChI is InChI=1S/C7H12O5/c1-9-6-4-3-5(11-6)7(8)12-10-2/h5-6H,3-4H2,1-2H3. The molecule has 0 aromatic carbocycles. The van der Waals surface area contributed by atoms with E-state index in [1.807, 2.05) is 0 Å². The Morgan fingerprint density at radius 1 is 1.42 bits per heavy atom. The normalized spacial score (nSPS) is 28.8. The summed E-state index contributed by atoms with van der Waals surface area (Å²) in [6, 6.07) is 0. The molecule has 0 aromatic rings. The average molecular weight is 176 g/mol. The Hall–Kier alpha value is -0.650. The predicted molar refractivity (Wildman–Crippen MR) is 38.0 cm³/mol. The molecule has 0 saturated carbocycles. The van der Waals surface area contributed by atoms with Gasteiger partial charge in [-0.2, -0.15) is 4.89 Å². The van der Waals surface area contributed by atoms with Crippen molar-refractivity contribution in [1.29, 1.82) is 0 Å². The molecule has 0 spiro atoms. The first-order valence-electron chi connectivity index (χ1n) is 3.70. The number of carbonyl (C=O) groups is 1. The fourth-order valence-electron chi connectivity index (χ4n) is 1.09. The molecule has 1 aliphatic heterocycles. The van der Waals surface area contributed by atoms with Gasteiger partial charge in [0.15, 0.2) is 12.4 Å². The van der Waals surface area contributed by atoms with Crippen molar-refractivity contribution in [2.24, 2.45) is 0 Å². The third-order valence-electron chi connectivity index (χ3n) is 1.67. The van der Waals surface area contributed by atoms with Gasteiger partial charge in [0.1, 0.15) is 0 Å². The molecule has 2 atom stereocenters. The summed E-state index contributed by atoms with van der Waals surface area (Å²) in [5, 5.41) is 0. The third-order valence-corrected chi connectivity index (χ3v) is 1.67. The molecule has 1 saturated heterocycles.